The van der Waals surface area contributed by atoms with E-state index in [-0.39, 0.29) is 18.5 Å². The molecule has 1 saturated carbocycles. The minimum Gasteiger partial charge on any atom is -0.399 e. The van der Waals surface area contributed by atoms with Crippen LogP contribution < -0.4 is 27.6 Å². The first-order valence-electron chi connectivity index (χ1n) is 11.0. The topological polar surface area (TPSA) is 143 Å². The number of rotatable bonds is 7. The van der Waals surface area contributed by atoms with Crippen molar-refractivity contribution in [3.8, 4) is 0 Å². The molecule has 2 unspecified atom stereocenters. The lowest BCUT2D eigenvalue weighted by atomic mass is 9.67. The van der Waals surface area contributed by atoms with Gasteiger partial charge in [0.15, 0.2) is 17.5 Å². The Bertz CT molecular complexity index is 979. The Labute approximate surface area is 204 Å². The van der Waals surface area contributed by atoms with Crippen LogP contribution in [0.5, 0.6) is 0 Å². The number of alkyl halides is 2. The molecule has 1 aliphatic carbocycles. The number of anilines is 1. The van der Waals surface area contributed by atoms with Crippen molar-refractivity contribution in [1.82, 2.24) is 15.6 Å². The van der Waals surface area contributed by atoms with Crippen LogP contribution in [0.2, 0.25) is 0 Å². The highest BCUT2D eigenvalue weighted by molar-refractivity contribution is 6.23. The van der Waals surface area contributed by atoms with Crippen LogP contribution in [0, 0.1) is 29.3 Å². The van der Waals surface area contributed by atoms with Gasteiger partial charge in [-0.25, -0.2) is 22.0 Å². The van der Waals surface area contributed by atoms with Crippen molar-refractivity contribution in [2.45, 2.75) is 44.2 Å². The van der Waals surface area contributed by atoms with E-state index in [1.165, 1.54) is 11.1 Å². The summed E-state index contributed by atoms with van der Waals surface area (Å²) in [6, 6.07) is 0.821. The number of nitrogens with one attached hydrogen (secondary N) is 3. The van der Waals surface area contributed by atoms with Crippen LogP contribution >= 0.6 is 0 Å². The average molecular weight is 521 g/mol. The number of benzene rings is 1. The second-order valence-corrected chi connectivity index (χ2v) is 8.63. The molecule has 2 fully saturated rings. The predicted molar refractivity (Wildman–Crippen MR) is 120 cm³/mol. The first-order valence-corrected chi connectivity index (χ1v) is 11.0. The van der Waals surface area contributed by atoms with E-state index < -0.39 is 59.1 Å². The molecule has 0 bridgehead atoms. The fraction of sp³-hybridized carbons (Fsp3) is 0.500. The van der Waals surface area contributed by atoms with Crippen LogP contribution in [0.4, 0.5) is 27.6 Å². The largest absolute Gasteiger partial charge is 0.399 e. The van der Waals surface area contributed by atoms with Gasteiger partial charge in [-0.1, -0.05) is 0 Å². The number of aldehydes is 1. The molecule has 2 aliphatic rings. The maximum Gasteiger partial charge on any atom is 0.286 e. The number of hydrazine groups is 1. The van der Waals surface area contributed by atoms with Gasteiger partial charge >= 0.3 is 0 Å². The zero-order valence-corrected chi connectivity index (χ0v) is 19.7. The highest BCUT2D eigenvalue weighted by Gasteiger charge is 2.48. The van der Waals surface area contributed by atoms with Gasteiger partial charge in [0.25, 0.3) is 5.91 Å². The summed E-state index contributed by atoms with van der Waals surface area (Å²) in [5.41, 5.74) is 7.76. The van der Waals surface area contributed by atoms with Crippen LogP contribution in [0.1, 0.15) is 26.2 Å². The molecule has 14 heteroatoms. The Balaban J connectivity index is 0.000000281. The summed E-state index contributed by atoms with van der Waals surface area (Å²) in [7, 11) is 1.71. The maximum atomic E-state index is 13.1. The summed E-state index contributed by atoms with van der Waals surface area (Å²) in [5, 5.41) is 5.25. The predicted octanol–water partition coefficient (Wildman–Crippen LogP) is 1.36. The van der Waals surface area contributed by atoms with E-state index in [2.05, 4.69) is 16.1 Å². The van der Waals surface area contributed by atoms with E-state index in [1.807, 2.05) is 0 Å². The van der Waals surface area contributed by atoms with Crippen molar-refractivity contribution < 1.29 is 36.3 Å². The van der Waals surface area contributed by atoms with Crippen LogP contribution in [-0.4, -0.2) is 54.6 Å². The van der Waals surface area contributed by atoms with Gasteiger partial charge in [-0.3, -0.25) is 20.2 Å². The maximum absolute atomic E-state index is 13.1. The lowest BCUT2D eigenvalue weighted by Crippen LogP contribution is -2.59. The normalized spacial score (nSPS) is 25.5. The lowest BCUT2D eigenvalue weighted by molar-refractivity contribution is -0.139. The zero-order chi connectivity index (χ0) is 27.2. The van der Waals surface area contributed by atoms with Gasteiger partial charge in [0.05, 0.1) is 11.5 Å². The summed E-state index contributed by atoms with van der Waals surface area (Å²) in [5.74, 6) is -1.83. The monoisotopic (exact) mass is 520 g/mol. The Morgan fingerprint density at radius 3 is 2.25 bits per heavy atom. The van der Waals surface area contributed by atoms with Crippen LogP contribution in [-0.2, 0) is 14.4 Å². The minimum atomic E-state index is -2.27. The van der Waals surface area contributed by atoms with Crippen molar-refractivity contribution in [1.29, 1.82) is 0 Å². The number of amides is 2. The molecule has 2 amide bonds. The smallest absolute Gasteiger partial charge is 0.286 e. The standard InChI is InChI=1S/C14H13F3N2O3.C8H16F2N4/c1-7-9(2-3-19(7)12(21)6-20)14(22)18-8-4-10(15)13(17)11(16)5-8;1-13-8(6(11)4-14-12)2-5(3-8)7(9)10/h4-7,9H,2-3H2,1H3,(H,18,22);4-5,7,13-14H,2-3,11-12H2,1H3/b;6-4-. The molecule has 0 radical (unpaired) electrons. The Morgan fingerprint density at radius 1 is 1.19 bits per heavy atom. The SMILES string of the molecule is CC1C(C(=O)Nc2cc(F)c(F)c(F)c2)CCN1C(=O)C=O.CNC1(/C(N)=C/NN)CC(C(F)F)C1. The number of hydrogen-bond donors (Lipinski definition) is 5. The third-order valence-electron chi connectivity index (χ3n) is 6.57. The van der Waals surface area contributed by atoms with E-state index in [1.54, 1.807) is 14.0 Å². The number of carbonyl (C=O) groups is 3. The molecule has 3 rings (SSSR count). The Kier molecular flexibility index (Phi) is 9.76. The molecule has 36 heavy (non-hydrogen) atoms. The molecule has 1 aliphatic heterocycles. The molecular weight excluding hydrogens is 491 g/mol. The molecule has 1 aromatic carbocycles. The van der Waals surface area contributed by atoms with E-state index in [9.17, 15) is 36.3 Å². The number of halogens is 5. The average Bonchev–Trinajstić information content (AvgIpc) is 3.18. The molecule has 0 spiro atoms. The minimum absolute atomic E-state index is 0.168. The van der Waals surface area contributed by atoms with E-state index in [4.69, 9.17) is 11.6 Å². The van der Waals surface area contributed by atoms with Crippen molar-refractivity contribution in [2.75, 3.05) is 18.9 Å². The molecule has 2 atom stereocenters. The Hall–Kier alpha value is -3.26. The van der Waals surface area contributed by atoms with Gasteiger partial charge in [0.1, 0.15) is 0 Å². The van der Waals surface area contributed by atoms with Crippen LogP contribution in [0.3, 0.4) is 0 Å². The van der Waals surface area contributed by atoms with Crippen LogP contribution in [0.25, 0.3) is 0 Å². The summed E-state index contributed by atoms with van der Waals surface area (Å²) in [6.07, 6.45) is 0.351. The number of hydrogen-bond acceptors (Lipinski definition) is 7. The van der Waals surface area contributed by atoms with Gasteiger partial charge in [-0.05, 0) is 33.2 Å². The second-order valence-electron chi connectivity index (χ2n) is 8.63. The number of nitrogens with two attached hydrogens (primary N) is 2. The second kappa shape index (κ2) is 12.1. The number of likely N-dealkylation sites (tertiary alicyclic amines) is 1. The third-order valence-corrected chi connectivity index (χ3v) is 6.57. The fourth-order valence-corrected chi connectivity index (χ4v) is 4.36. The van der Waals surface area contributed by atoms with Gasteiger partial charge in [-0.2, -0.15) is 0 Å². The highest BCUT2D eigenvalue weighted by atomic mass is 19.3. The first kappa shape index (κ1) is 29.0. The number of likely N-dealkylation sites (N-methyl/N-ethyl adjacent to an activating group) is 1. The van der Waals surface area contributed by atoms with E-state index >= 15 is 0 Å². The molecule has 1 saturated heterocycles. The number of carbonyl (C=O) groups excluding carboxylic acids is 3. The molecule has 1 aromatic rings. The summed E-state index contributed by atoms with van der Waals surface area (Å²) in [4.78, 5) is 35.2. The van der Waals surface area contributed by atoms with Crippen molar-refractivity contribution in [3.05, 3.63) is 41.5 Å². The highest BCUT2D eigenvalue weighted by Crippen LogP contribution is 2.43. The molecule has 200 valence electrons. The van der Waals surface area contributed by atoms with E-state index in [0.29, 0.717) is 37.1 Å². The number of nitrogens with zero attached hydrogens (tertiary/aromatic N) is 1. The first-order chi connectivity index (χ1) is 16.9. The van der Waals surface area contributed by atoms with Crippen molar-refractivity contribution in [2.24, 2.45) is 23.4 Å². The lowest BCUT2D eigenvalue weighted by Gasteiger charge is -2.47. The fourth-order valence-electron chi connectivity index (χ4n) is 4.36. The molecule has 9 nitrogen and oxygen atoms in total. The summed E-state index contributed by atoms with van der Waals surface area (Å²) < 4.78 is 63.6. The Morgan fingerprint density at radius 2 is 1.78 bits per heavy atom. The molecule has 0 aromatic heterocycles. The van der Waals surface area contributed by atoms with E-state index in [0.717, 1.165) is 0 Å². The van der Waals surface area contributed by atoms with Crippen molar-refractivity contribution in [3.63, 3.8) is 0 Å². The van der Waals surface area contributed by atoms with Crippen molar-refractivity contribution >= 4 is 23.8 Å². The quantitative estimate of drug-likeness (QED) is 0.0913. The van der Waals surface area contributed by atoms with Crippen LogP contribution in [0.15, 0.2) is 24.0 Å². The van der Waals surface area contributed by atoms with Gasteiger partial charge in [-0.15, -0.1) is 0 Å². The van der Waals surface area contributed by atoms with Gasteiger partial charge in [0.2, 0.25) is 18.6 Å². The molecule has 7 N–H and O–H groups in total. The summed E-state index contributed by atoms with van der Waals surface area (Å²) in [6.45, 7) is 1.84. The third kappa shape index (κ3) is 6.29. The van der Waals surface area contributed by atoms with Gasteiger partial charge in [0, 0.05) is 48.2 Å². The van der Waals surface area contributed by atoms with Gasteiger partial charge < -0.3 is 26.7 Å². The molecular formula is C22H29F5N6O3. The molecule has 1 heterocycles. The summed E-state index contributed by atoms with van der Waals surface area (Å²) >= 11 is 0. The zero-order valence-electron chi connectivity index (χ0n) is 19.7.